The number of nitrogens with two attached hydrogens (primary N) is 1. The predicted octanol–water partition coefficient (Wildman–Crippen LogP) is 0.468. The summed E-state index contributed by atoms with van der Waals surface area (Å²) in [5.74, 6) is 2.40. The number of carbonyl (C=O) groups is 1. The Morgan fingerprint density at radius 1 is 1.32 bits per heavy atom. The quantitative estimate of drug-likeness (QED) is 0.698. The molecule has 102 valence electrons. The fourth-order valence-corrected chi connectivity index (χ4v) is 3.26. The number of rotatable bonds is 1. The van der Waals surface area contributed by atoms with Gasteiger partial charge >= 0.3 is 6.03 Å². The number of hydrogen-bond acceptors (Lipinski definition) is 4. The number of aliphatic imine (C=N–C) groups is 1. The van der Waals surface area contributed by atoms with Crippen molar-refractivity contribution in [3.8, 4) is 12.3 Å². The van der Waals surface area contributed by atoms with Gasteiger partial charge in [-0.1, -0.05) is 5.92 Å². The third-order valence-corrected chi connectivity index (χ3v) is 4.34. The Morgan fingerprint density at radius 2 is 1.95 bits per heavy atom. The van der Waals surface area contributed by atoms with Crippen LogP contribution < -0.4 is 5.73 Å². The molecule has 2 aliphatic heterocycles. The van der Waals surface area contributed by atoms with Crippen LogP contribution in [0.25, 0.3) is 0 Å². The first-order valence-electron chi connectivity index (χ1n) is 6.50. The van der Waals surface area contributed by atoms with Crippen LogP contribution in [0.2, 0.25) is 0 Å². The standard InChI is InChI=1S/C13H17N3O3/c1-2-7-16-11(17)15-10(14)12(16)3-5-13(6-4-12)18-8-9-19-13/h1H,3-9H2,(H2,14,15,17). The van der Waals surface area contributed by atoms with Gasteiger partial charge in [0.1, 0.15) is 11.4 Å². The van der Waals surface area contributed by atoms with E-state index in [0.717, 1.165) is 0 Å². The van der Waals surface area contributed by atoms with E-state index >= 15 is 0 Å². The van der Waals surface area contributed by atoms with E-state index in [4.69, 9.17) is 21.6 Å². The van der Waals surface area contributed by atoms with Crippen LogP contribution in [0.15, 0.2) is 4.99 Å². The Balaban J connectivity index is 1.82. The summed E-state index contributed by atoms with van der Waals surface area (Å²) in [5, 5.41) is 0. The van der Waals surface area contributed by atoms with Crippen molar-refractivity contribution >= 4 is 11.9 Å². The summed E-state index contributed by atoms with van der Waals surface area (Å²) in [7, 11) is 0. The third kappa shape index (κ3) is 1.73. The molecule has 6 heteroatoms. The number of nitrogens with zero attached hydrogens (tertiary/aromatic N) is 2. The monoisotopic (exact) mass is 263 g/mol. The van der Waals surface area contributed by atoms with Gasteiger partial charge in [0.2, 0.25) is 0 Å². The molecule has 0 atom stereocenters. The maximum Gasteiger partial charge on any atom is 0.346 e. The number of hydrogen-bond donors (Lipinski definition) is 1. The molecule has 2 N–H and O–H groups in total. The van der Waals surface area contributed by atoms with E-state index in [0.29, 0.717) is 44.7 Å². The Hall–Kier alpha value is -1.58. The molecule has 6 nitrogen and oxygen atoms in total. The van der Waals surface area contributed by atoms with Crippen molar-refractivity contribution in [2.45, 2.75) is 37.0 Å². The van der Waals surface area contributed by atoms with E-state index in [1.807, 2.05) is 0 Å². The zero-order valence-corrected chi connectivity index (χ0v) is 10.7. The van der Waals surface area contributed by atoms with Crippen molar-refractivity contribution in [2.75, 3.05) is 19.8 Å². The number of terminal acetylenes is 1. The predicted molar refractivity (Wildman–Crippen MR) is 68.4 cm³/mol. The molecule has 1 aliphatic carbocycles. The van der Waals surface area contributed by atoms with Crippen molar-refractivity contribution in [3.05, 3.63) is 0 Å². The molecule has 1 saturated carbocycles. The van der Waals surface area contributed by atoms with E-state index in [2.05, 4.69) is 10.9 Å². The van der Waals surface area contributed by atoms with Gasteiger partial charge in [0, 0.05) is 12.8 Å². The maximum atomic E-state index is 11.9. The van der Waals surface area contributed by atoms with Gasteiger partial charge in [-0.05, 0) is 12.8 Å². The van der Waals surface area contributed by atoms with Crippen LogP contribution in [0.3, 0.4) is 0 Å². The topological polar surface area (TPSA) is 77.2 Å². The van der Waals surface area contributed by atoms with Gasteiger partial charge in [0.05, 0.1) is 19.8 Å². The fourth-order valence-electron chi connectivity index (χ4n) is 3.26. The summed E-state index contributed by atoms with van der Waals surface area (Å²) in [6, 6.07) is -0.334. The zero-order chi connectivity index (χ0) is 13.5. The molecule has 0 aromatic heterocycles. The van der Waals surface area contributed by atoms with Crippen LogP contribution in [0.1, 0.15) is 25.7 Å². The molecule has 0 aromatic rings. The van der Waals surface area contributed by atoms with Gasteiger partial charge in [-0.25, -0.2) is 4.79 Å². The Kier molecular flexibility index (Phi) is 2.77. The van der Waals surface area contributed by atoms with Crippen LogP contribution in [-0.2, 0) is 9.47 Å². The molecule has 3 aliphatic rings. The molecule has 0 radical (unpaired) electrons. The molecule has 0 bridgehead atoms. The first-order valence-corrected chi connectivity index (χ1v) is 6.50. The Labute approximate surface area is 111 Å². The Morgan fingerprint density at radius 3 is 2.53 bits per heavy atom. The maximum absolute atomic E-state index is 11.9. The van der Waals surface area contributed by atoms with E-state index in [1.54, 1.807) is 4.90 Å². The highest BCUT2D eigenvalue weighted by Crippen LogP contribution is 2.44. The van der Waals surface area contributed by atoms with Crippen LogP contribution in [0.5, 0.6) is 0 Å². The van der Waals surface area contributed by atoms with Crippen LogP contribution >= 0.6 is 0 Å². The average molecular weight is 263 g/mol. The number of urea groups is 1. The fraction of sp³-hybridized carbons (Fsp3) is 0.692. The summed E-state index contributed by atoms with van der Waals surface area (Å²) in [6.07, 6.45) is 8.10. The number of ether oxygens (including phenoxy) is 2. The lowest BCUT2D eigenvalue weighted by molar-refractivity contribution is -0.185. The summed E-state index contributed by atoms with van der Waals surface area (Å²) < 4.78 is 11.4. The second-order valence-electron chi connectivity index (χ2n) is 5.21. The van der Waals surface area contributed by atoms with Gasteiger partial charge < -0.3 is 15.2 Å². The van der Waals surface area contributed by atoms with E-state index in [9.17, 15) is 4.79 Å². The van der Waals surface area contributed by atoms with Gasteiger partial charge in [-0.3, -0.25) is 4.90 Å². The van der Waals surface area contributed by atoms with Gasteiger partial charge in [-0.2, -0.15) is 4.99 Å². The van der Waals surface area contributed by atoms with Crippen molar-refractivity contribution in [1.29, 1.82) is 0 Å². The normalized spacial score (nSPS) is 27.8. The van der Waals surface area contributed by atoms with Gasteiger partial charge in [-0.15, -0.1) is 6.42 Å². The first kappa shape index (κ1) is 12.5. The molecule has 19 heavy (non-hydrogen) atoms. The van der Waals surface area contributed by atoms with Gasteiger partial charge in [0.15, 0.2) is 5.79 Å². The van der Waals surface area contributed by atoms with Crippen LogP contribution in [0.4, 0.5) is 4.79 Å². The minimum absolute atomic E-state index is 0.234. The molecular weight excluding hydrogens is 246 g/mol. The highest BCUT2D eigenvalue weighted by Gasteiger charge is 2.54. The number of amidine groups is 1. The smallest absolute Gasteiger partial charge is 0.346 e. The van der Waals surface area contributed by atoms with Crippen LogP contribution in [-0.4, -0.2) is 47.9 Å². The molecule has 0 aromatic carbocycles. The zero-order valence-electron chi connectivity index (χ0n) is 10.7. The lowest BCUT2D eigenvalue weighted by Crippen LogP contribution is -2.58. The lowest BCUT2D eigenvalue weighted by Gasteiger charge is -2.45. The molecule has 2 heterocycles. The Bertz CT molecular complexity index is 464. The molecule has 0 unspecified atom stereocenters. The minimum Gasteiger partial charge on any atom is -0.385 e. The largest absolute Gasteiger partial charge is 0.385 e. The van der Waals surface area contributed by atoms with Crippen molar-refractivity contribution in [3.63, 3.8) is 0 Å². The second-order valence-corrected chi connectivity index (χ2v) is 5.21. The number of amides is 2. The summed E-state index contributed by atoms with van der Waals surface area (Å²) in [4.78, 5) is 17.3. The third-order valence-electron chi connectivity index (χ3n) is 4.34. The first-order chi connectivity index (χ1) is 9.12. The van der Waals surface area contributed by atoms with E-state index in [1.165, 1.54) is 0 Å². The number of carbonyl (C=O) groups excluding carboxylic acids is 1. The highest BCUT2D eigenvalue weighted by atomic mass is 16.7. The SMILES string of the molecule is C#CCN1C(=O)N=C(N)C12CCC1(CC2)OCCO1. The summed E-state index contributed by atoms with van der Waals surface area (Å²) in [6.45, 7) is 1.49. The second kappa shape index (κ2) is 4.22. The van der Waals surface area contributed by atoms with Gasteiger partial charge in [0.25, 0.3) is 0 Å². The molecule has 2 spiro atoms. The molecule has 2 amide bonds. The minimum atomic E-state index is -0.538. The highest BCUT2D eigenvalue weighted by molar-refractivity contribution is 6.06. The van der Waals surface area contributed by atoms with Crippen molar-refractivity contribution in [2.24, 2.45) is 10.7 Å². The lowest BCUT2D eigenvalue weighted by atomic mass is 9.77. The van der Waals surface area contributed by atoms with E-state index < -0.39 is 11.3 Å². The molecule has 1 saturated heterocycles. The average Bonchev–Trinajstić information content (AvgIpc) is 2.93. The molecule has 3 rings (SSSR count). The van der Waals surface area contributed by atoms with Crippen molar-refractivity contribution in [1.82, 2.24) is 4.90 Å². The van der Waals surface area contributed by atoms with Crippen LogP contribution in [0, 0.1) is 12.3 Å². The molecule has 2 fully saturated rings. The summed E-state index contributed by atoms with van der Waals surface area (Å²) in [5.41, 5.74) is 5.44. The van der Waals surface area contributed by atoms with Crippen molar-refractivity contribution < 1.29 is 14.3 Å². The summed E-state index contributed by atoms with van der Waals surface area (Å²) >= 11 is 0. The molecular formula is C13H17N3O3. The van der Waals surface area contributed by atoms with E-state index in [-0.39, 0.29) is 12.6 Å².